The quantitative estimate of drug-likeness (QED) is 0.801. The van der Waals surface area contributed by atoms with Gasteiger partial charge in [0.2, 0.25) is 0 Å². The summed E-state index contributed by atoms with van der Waals surface area (Å²) in [7, 11) is 0. The zero-order chi connectivity index (χ0) is 14.5. The number of nitrogens with two attached hydrogens (primary N) is 1. The summed E-state index contributed by atoms with van der Waals surface area (Å²) in [5.74, 6) is -0.935. The smallest absolute Gasteiger partial charge is 0.317 e. The average molecular weight is 298 g/mol. The molecule has 0 atom stereocenters. The Balaban J connectivity index is 1.95. The van der Waals surface area contributed by atoms with E-state index in [1.54, 1.807) is 10.3 Å². The van der Waals surface area contributed by atoms with E-state index in [9.17, 15) is 9.59 Å². The largest absolute Gasteiger partial charge is 0.480 e. The maximum atomic E-state index is 12.3. The Labute approximate surface area is 121 Å². The summed E-state index contributed by atoms with van der Waals surface area (Å²) < 4.78 is 0. The lowest BCUT2D eigenvalue weighted by Gasteiger charge is -2.20. The van der Waals surface area contributed by atoms with Crippen LogP contribution in [0.2, 0.25) is 0 Å². The summed E-state index contributed by atoms with van der Waals surface area (Å²) >= 11 is 1.38. The summed E-state index contributed by atoms with van der Waals surface area (Å²) in [6.07, 6.45) is 0.771. The van der Waals surface area contributed by atoms with E-state index in [0.29, 0.717) is 38.4 Å². The Morgan fingerprint density at radius 1 is 1.35 bits per heavy atom. The minimum atomic E-state index is -0.836. The fraction of sp³-hybridized carbons (Fsp3) is 0.583. The van der Waals surface area contributed by atoms with Crippen LogP contribution in [-0.4, -0.2) is 64.5 Å². The van der Waals surface area contributed by atoms with Crippen LogP contribution in [0.1, 0.15) is 21.9 Å². The number of amides is 1. The predicted molar refractivity (Wildman–Crippen MR) is 74.6 cm³/mol. The molecule has 0 unspecified atom stereocenters. The lowest BCUT2D eigenvalue weighted by Crippen LogP contribution is -2.36. The summed E-state index contributed by atoms with van der Waals surface area (Å²) in [5, 5.41) is 11.3. The summed E-state index contributed by atoms with van der Waals surface area (Å²) in [4.78, 5) is 30.8. The number of aromatic nitrogens is 1. The van der Waals surface area contributed by atoms with Gasteiger partial charge in [-0.15, -0.1) is 11.3 Å². The molecular weight excluding hydrogens is 280 g/mol. The summed E-state index contributed by atoms with van der Waals surface area (Å²) in [6, 6.07) is 0. The van der Waals surface area contributed by atoms with E-state index in [1.807, 2.05) is 4.90 Å². The highest BCUT2D eigenvalue weighted by Gasteiger charge is 2.22. The number of hydrogen-bond donors (Lipinski definition) is 2. The van der Waals surface area contributed by atoms with Crippen molar-refractivity contribution in [2.24, 2.45) is 5.73 Å². The van der Waals surface area contributed by atoms with Gasteiger partial charge < -0.3 is 15.7 Å². The van der Waals surface area contributed by atoms with E-state index in [1.165, 1.54) is 11.3 Å². The maximum Gasteiger partial charge on any atom is 0.317 e. The van der Waals surface area contributed by atoms with Crippen LogP contribution in [0.15, 0.2) is 5.38 Å². The van der Waals surface area contributed by atoms with Crippen molar-refractivity contribution < 1.29 is 14.7 Å². The molecule has 2 rings (SSSR count). The molecule has 1 amide bonds. The first-order valence-corrected chi connectivity index (χ1v) is 7.36. The Bertz CT molecular complexity index is 491. The van der Waals surface area contributed by atoms with Gasteiger partial charge in [-0.2, -0.15) is 0 Å². The van der Waals surface area contributed by atoms with Crippen molar-refractivity contribution in [3.8, 4) is 0 Å². The van der Waals surface area contributed by atoms with E-state index in [0.717, 1.165) is 11.4 Å². The molecule has 0 aromatic carbocycles. The molecule has 1 saturated heterocycles. The number of nitrogens with zero attached hydrogens (tertiary/aromatic N) is 3. The molecule has 0 bridgehead atoms. The molecule has 0 radical (unpaired) electrons. The van der Waals surface area contributed by atoms with Crippen molar-refractivity contribution in [1.82, 2.24) is 14.8 Å². The van der Waals surface area contributed by atoms with Crippen molar-refractivity contribution in [1.29, 1.82) is 0 Å². The molecule has 110 valence electrons. The predicted octanol–water partition coefficient (Wildman–Crippen LogP) is -0.166. The monoisotopic (exact) mass is 298 g/mol. The number of carbonyl (C=O) groups excluding carboxylic acids is 1. The molecule has 3 N–H and O–H groups in total. The van der Waals surface area contributed by atoms with Gasteiger partial charge in [0, 0.05) is 38.1 Å². The van der Waals surface area contributed by atoms with Crippen LogP contribution in [0.5, 0.6) is 0 Å². The molecule has 1 aromatic rings. The highest BCUT2D eigenvalue weighted by molar-refractivity contribution is 7.09. The van der Waals surface area contributed by atoms with Crippen LogP contribution in [-0.2, 0) is 11.3 Å². The van der Waals surface area contributed by atoms with Gasteiger partial charge in [-0.3, -0.25) is 14.5 Å². The highest BCUT2D eigenvalue weighted by atomic mass is 32.1. The molecule has 20 heavy (non-hydrogen) atoms. The molecule has 0 spiro atoms. The van der Waals surface area contributed by atoms with Gasteiger partial charge in [-0.25, -0.2) is 4.98 Å². The number of aliphatic carboxylic acids is 1. The molecule has 8 heteroatoms. The van der Waals surface area contributed by atoms with E-state index in [2.05, 4.69) is 4.98 Å². The van der Waals surface area contributed by atoms with Gasteiger partial charge in [-0.05, 0) is 6.42 Å². The van der Waals surface area contributed by atoms with E-state index >= 15 is 0 Å². The van der Waals surface area contributed by atoms with E-state index in [4.69, 9.17) is 10.8 Å². The van der Waals surface area contributed by atoms with Crippen molar-refractivity contribution in [2.45, 2.75) is 13.0 Å². The lowest BCUT2D eigenvalue weighted by molar-refractivity contribution is -0.138. The molecule has 1 aliphatic rings. The first-order valence-electron chi connectivity index (χ1n) is 6.48. The standard InChI is InChI=1S/C12H18N4O3S/c13-6-10-14-9(8-20-10)12(19)16-3-1-2-15(4-5-16)7-11(17)18/h8H,1-7,13H2,(H,17,18). The van der Waals surface area contributed by atoms with Crippen LogP contribution in [0.4, 0.5) is 0 Å². The topological polar surface area (TPSA) is 99.8 Å². The van der Waals surface area contributed by atoms with Crippen molar-refractivity contribution in [3.05, 3.63) is 16.1 Å². The van der Waals surface area contributed by atoms with Crippen LogP contribution < -0.4 is 5.73 Å². The van der Waals surface area contributed by atoms with Crippen LogP contribution in [0.3, 0.4) is 0 Å². The number of carbonyl (C=O) groups is 2. The van der Waals surface area contributed by atoms with E-state index in [-0.39, 0.29) is 12.5 Å². The van der Waals surface area contributed by atoms with Gasteiger partial charge >= 0.3 is 5.97 Å². The van der Waals surface area contributed by atoms with Gasteiger partial charge in [0.15, 0.2) is 0 Å². The van der Waals surface area contributed by atoms with Crippen LogP contribution in [0, 0.1) is 0 Å². The lowest BCUT2D eigenvalue weighted by atomic mass is 10.3. The average Bonchev–Trinajstić information content (AvgIpc) is 2.78. The molecule has 1 aliphatic heterocycles. The number of rotatable bonds is 4. The third-order valence-corrected chi connectivity index (χ3v) is 4.05. The third kappa shape index (κ3) is 3.75. The van der Waals surface area contributed by atoms with Crippen molar-refractivity contribution >= 4 is 23.2 Å². The number of hydrogen-bond acceptors (Lipinski definition) is 6. The molecule has 0 aliphatic carbocycles. The van der Waals surface area contributed by atoms with E-state index < -0.39 is 5.97 Å². The molecule has 1 fully saturated rings. The number of carboxylic acid groups (broad SMARTS) is 1. The number of carboxylic acids is 1. The summed E-state index contributed by atoms with van der Waals surface area (Å²) in [6.45, 7) is 2.79. The Morgan fingerprint density at radius 3 is 2.80 bits per heavy atom. The van der Waals surface area contributed by atoms with Gasteiger partial charge in [0.25, 0.3) is 5.91 Å². The summed E-state index contributed by atoms with van der Waals surface area (Å²) in [5.41, 5.74) is 5.92. The fourth-order valence-corrected chi connectivity index (χ4v) is 2.84. The Hall–Kier alpha value is -1.51. The second kappa shape index (κ2) is 6.78. The second-order valence-corrected chi connectivity index (χ2v) is 5.59. The number of thiazole rings is 1. The molecular formula is C12H18N4O3S. The molecule has 1 aromatic heterocycles. The first kappa shape index (κ1) is 14.9. The zero-order valence-corrected chi connectivity index (χ0v) is 11.9. The highest BCUT2D eigenvalue weighted by Crippen LogP contribution is 2.13. The minimum Gasteiger partial charge on any atom is -0.480 e. The zero-order valence-electron chi connectivity index (χ0n) is 11.1. The van der Waals surface area contributed by atoms with Crippen molar-refractivity contribution in [2.75, 3.05) is 32.7 Å². The third-order valence-electron chi connectivity index (χ3n) is 3.18. The minimum absolute atomic E-state index is 0.0239. The van der Waals surface area contributed by atoms with Crippen LogP contribution >= 0.6 is 11.3 Å². The molecule has 7 nitrogen and oxygen atoms in total. The first-order chi connectivity index (χ1) is 9.60. The molecule has 0 saturated carbocycles. The van der Waals surface area contributed by atoms with Gasteiger partial charge in [-0.1, -0.05) is 0 Å². The Kier molecular flexibility index (Phi) is 5.05. The molecule has 2 heterocycles. The van der Waals surface area contributed by atoms with Crippen LogP contribution in [0.25, 0.3) is 0 Å². The maximum absolute atomic E-state index is 12.3. The fourth-order valence-electron chi connectivity index (χ4n) is 2.19. The van der Waals surface area contributed by atoms with Crippen molar-refractivity contribution in [3.63, 3.8) is 0 Å². The van der Waals surface area contributed by atoms with Gasteiger partial charge in [0.05, 0.1) is 6.54 Å². The van der Waals surface area contributed by atoms with Gasteiger partial charge in [0.1, 0.15) is 10.7 Å². The SMILES string of the molecule is NCc1nc(C(=O)N2CCCN(CC(=O)O)CC2)cs1. The second-order valence-electron chi connectivity index (χ2n) is 4.65. The normalized spacial score (nSPS) is 16.9. The Morgan fingerprint density at radius 2 is 2.15 bits per heavy atom.